The van der Waals surface area contributed by atoms with Crippen molar-refractivity contribution in [3.8, 4) is 0 Å². The molecule has 5 unspecified atom stereocenters. The van der Waals surface area contributed by atoms with Crippen LogP contribution in [0.1, 0.15) is 12.5 Å². The third kappa shape index (κ3) is 6.77. The molecule has 3 aliphatic heterocycles. The monoisotopic (exact) mass is 745 g/mol. The summed E-state index contributed by atoms with van der Waals surface area (Å²) in [7, 11) is -6.42. The fourth-order valence-electron chi connectivity index (χ4n) is 5.79. The third-order valence-electron chi connectivity index (χ3n) is 7.94. The number of hydrogen-bond acceptors (Lipinski definition) is 16. The normalized spacial score (nSPS) is 33.4. The number of anilines is 2. The van der Waals surface area contributed by atoms with Gasteiger partial charge < -0.3 is 29.7 Å². The van der Waals surface area contributed by atoms with E-state index in [9.17, 15) is 14.0 Å². The van der Waals surface area contributed by atoms with Crippen molar-refractivity contribution in [1.82, 2.24) is 39.0 Å². The number of nitrogens with one attached hydrogen (secondary N) is 2. The van der Waals surface area contributed by atoms with Gasteiger partial charge in [-0.05, 0) is 4.57 Å². The lowest BCUT2D eigenvalue weighted by Gasteiger charge is -2.23. The Morgan fingerprint density at radius 1 is 0.980 bits per heavy atom. The molecule has 10 atom stereocenters. The molecule has 24 heteroatoms. The van der Waals surface area contributed by atoms with E-state index < -0.39 is 70.9 Å². The molecule has 262 valence electrons. The zero-order chi connectivity index (χ0) is 34.3. The van der Waals surface area contributed by atoms with E-state index in [1.165, 1.54) is 41.6 Å². The Balaban J connectivity index is 1.23. The van der Waals surface area contributed by atoms with Crippen LogP contribution in [0.15, 0.2) is 37.5 Å². The van der Waals surface area contributed by atoms with E-state index in [0.29, 0.717) is 35.8 Å². The highest BCUT2D eigenvalue weighted by molar-refractivity contribution is 8.39. The van der Waals surface area contributed by atoms with Crippen LogP contribution in [0.4, 0.5) is 20.4 Å². The maximum Gasteiger partial charge on any atom is 0.582 e. The number of ether oxygens (including phenoxy) is 3. The van der Waals surface area contributed by atoms with Crippen LogP contribution in [0.2, 0.25) is 0 Å². The van der Waals surface area contributed by atoms with E-state index in [2.05, 4.69) is 52.8 Å². The summed E-state index contributed by atoms with van der Waals surface area (Å²) in [6.07, 6.45) is -3.94. The average Bonchev–Trinajstić information content (AvgIpc) is 3.83. The Hall–Kier alpha value is -3.30. The molecule has 2 fully saturated rings. The second-order valence-corrected chi connectivity index (χ2v) is 14.0. The number of phosphoric acid groups is 1. The molecule has 0 amide bonds. The number of hydrogen-bond donors (Lipinski definition) is 4. The van der Waals surface area contributed by atoms with Gasteiger partial charge in [-0.25, -0.2) is 43.2 Å². The number of alkyl halides is 2. The van der Waals surface area contributed by atoms with Crippen LogP contribution in [0.5, 0.6) is 0 Å². The van der Waals surface area contributed by atoms with Gasteiger partial charge in [-0.3, -0.25) is 18.2 Å². The molecule has 0 radical (unpaired) electrons. The topological polar surface area (TPSA) is 221 Å². The van der Waals surface area contributed by atoms with Crippen LogP contribution < -0.4 is 10.6 Å². The van der Waals surface area contributed by atoms with Crippen LogP contribution in [0.3, 0.4) is 0 Å². The molecule has 0 saturated carbocycles. The maximum atomic E-state index is 16.1. The van der Waals surface area contributed by atoms with Crippen LogP contribution in [-0.2, 0) is 36.9 Å². The second-order valence-electron chi connectivity index (χ2n) is 10.9. The van der Waals surface area contributed by atoms with Gasteiger partial charge in [0.15, 0.2) is 64.9 Å². The summed E-state index contributed by atoms with van der Waals surface area (Å²) in [5.74, 6) is 0.723. The Labute approximate surface area is 281 Å². The predicted molar refractivity (Wildman–Crippen MR) is 168 cm³/mol. The number of thiol groups is 1. The minimum absolute atomic E-state index is 0.193. The number of halogens is 2. The number of fused-ring (bicyclic) bond motifs is 6. The summed E-state index contributed by atoms with van der Waals surface area (Å²) in [6.45, 7) is -0.358. The van der Waals surface area contributed by atoms with E-state index in [1.54, 1.807) is 0 Å². The molecule has 2 saturated heterocycles. The Kier molecular flexibility index (Phi) is 9.86. The minimum atomic E-state index is -5.11. The fourth-order valence-corrected chi connectivity index (χ4v) is 7.53. The summed E-state index contributed by atoms with van der Waals surface area (Å²) < 4.78 is 92.4. The van der Waals surface area contributed by atoms with Crippen LogP contribution in [0, 0.1) is 0 Å². The molecular weight excluding hydrogens is 716 g/mol. The standard InChI is InChI=1S/C25H28F2N10O9P2S/c1-41-6-12-19-15(27)25(43-12)37-11-35-17-21(31-9-33-23(17)37)29-5-3-2-4-28-20-16-22(32-8-30-20)36(10-34-16)24-14(26)18(45-47(38)49)13(44-24)7-42-48(39,40)46-19/h2-3,8-15,18-19,24-25H,4-7H2,1H3,(H3-,28,29,30,31,32,33,38,39,40,49)/p+1/b3-2+/t12?,13?,14-,15-,18-,19-,24-,25?/m1/s1. The van der Waals surface area contributed by atoms with Crippen molar-refractivity contribution < 1.29 is 50.6 Å². The molecule has 0 aliphatic carbocycles. The van der Waals surface area contributed by atoms with Gasteiger partial charge in [0.25, 0.3) is 0 Å². The first-order valence-electron chi connectivity index (χ1n) is 14.7. The van der Waals surface area contributed by atoms with Crippen LogP contribution in [0.25, 0.3) is 22.3 Å². The second kappa shape index (κ2) is 14.1. The molecule has 0 aromatic carbocycles. The molecule has 4 aromatic heterocycles. The summed E-state index contributed by atoms with van der Waals surface area (Å²) >= 11 is 3.74. The minimum Gasteiger partial charge on any atom is -0.382 e. The molecule has 49 heavy (non-hydrogen) atoms. The van der Waals surface area contributed by atoms with E-state index >= 15 is 8.78 Å². The lowest BCUT2D eigenvalue weighted by atomic mass is 10.1. The number of nitrogens with zero attached hydrogens (tertiary/aromatic N) is 8. The first-order chi connectivity index (χ1) is 23.6. The predicted octanol–water partition coefficient (Wildman–Crippen LogP) is 2.65. The highest BCUT2D eigenvalue weighted by Crippen LogP contribution is 2.51. The number of rotatable bonds is 4. The zero-order valence-electron chi connectivity index (χ0n) is 25.3. The summed E-state index contributed by atoms with van der Waals surface area (Å²) in [4.78, 5) is 36.3. The van der Waals surface area contributed by atoms with Gasteiger partial charge in [0.1, 0.15) is 43.2 Å². The molecule has 4 aromatic rings. The summed E-state index contributed by atoms with van der Waals surface area (Å²) in [5, 5.41) is 6.26. The lowest BCUT2D eigenvalue weighted by Crippen LogP contribution is -2.35. The molecule has 0 spiro atoms. The Morgan fingerprint density at radius 3 is 2.14 bits per heavy atom. The van der Waals surface area contributed by atoms with Crippen molar-refractivity contribution in [2.45, 2.75) is 49.2 Å². The van der Waals surface area contributed by atoms with E-state index in [-0.39, 0.29) is 17.9 Å². The summed E-state index contributed by atoms with van der Waals surface area (Å²) in [5.41, 5.74) is 1.04. The highest BCUT2D eigenvalue weighted by Gasteiger charge is 2.54. The first kappa shape index (κ1) is 34.2. The number of phosphoric ester groups is 1. The zero-order valence-corrected chi connectivity index (χ0v) is 28.0. The molecule has 7 heterocycles. The smallest absolute Gasteiger partial charge is 0.382 e. The molecule has 3 N–H and O–H groups in total. The van der Waals surface area contributed by atoms with E-state index in [1.807, 2.05) is 12.2 Å². The number of aromatic nitrogens is 8. The SMILES string of the molecule is COCC1OC2[C@H](F)[C@@H]1OP(=O)(O)OCC1O[C@H]([C@H](F)[C@@H]1O[P+](=O)S)n1cnc3c(ncnc31)NC/C=C/CNc1ncnc3c1ncn32. The van der Waals surface area contributed by atoms with Crippen molar-refractivity contribution in [2.75, 3.05) is 44.0 Å². The van der Waals surface area contributed by atoms with Crippen LogP contribution >= 0.6 is 27.3 Å². The van der Waals surface area contributed by atoms with Gasteiger partial charge in [-0.2, -0.15) is 0 Å². The van der Waals surface area contributed by atoms with Gasteiger partial charge >= 0.3 is 15.1 Å². The van der Waals surface area contributed by atoms with Gasteiger partial charge in [-0.15, -0.1) is 4.52 Å². The van der Waals surface area contributed by atoms with Crippen molar-refractivity contribution >= 4 is 61.3 Å². The first-order valence-corrected chi connectivity index (χ1v) is 18.5. The average molecular weight is 746 g/mol. The van der Waals surface area contributed by atoms with E-state index in [0.717, 1.165) is 0 Å². The Morgan fingerprint density at radius 2 is 1.57 bits per heavy atom. The largest absolute Gasteiger partial charge is 0.582 e. The third-order valence-corrected chi connectivity index (χ3v) is 9.63. The highest BCUT2D eigenvalue weighted by atomic mass is 32.7. The summed E-state index contributed by atoms with van der Waals surface area (Å²) in [6, 6.07) is 0. The van der Waals surface area contributed by atoms with Crippen molar-refractivity contribution in [3.05, 3.63) is 37.5 Å². The molecular formula is C25H29F2N10O9P2S+. The molecule has 12 bridgehead atoms. The van der Waals surface area contributed by atoms with Crippen molar-refractivity contribution in [2.24, 2.45) is 0 Å². The fraction of sp³-hybridized carbons (Fsp3) is 0.520. The molecule has 3 aliphatic rings. The van der Waals surface area contributed by atoms with Crippen molar-refractivity contribution in [1.29, 1.82) is 0 Å². The maximum absolute atomic E-state index is 16.1. The van der Waals surface area contributed by atoms with Gasteiger partial charge in [0.05, 0.1) is 25.9 Å². The quantitative estimate of drug-likeness (QED) is 0.134. The van der Waals surface area contributed by atoms with E-state index in [4.69, 9.17) is 27.8 Å². The number of methoxy groups -OCH3 is 1. The number of imidazole rings is 2. The molecule has 19 nitrogen and oxygen atoms in total. The van der Waals surface area contributed by atoms with Crippen LogP contribution in [-0.4, -0.2) is 114 Å². The lowest BCUT2D eigenvalue weighted by molar-refractivity contribution is -0.0598. The van der Waals surface area contributed by atoms with Gasteiger partial charge in [0.2, 0.25) is 0 Å². The molecule has 7 rings (SSSR count). The van der Waals surface area contributed by atoms with Gasteiger partial charge in [0, 0.05) is 20.2 Å². The van der Waals surface area contributed by atoms with Gasteiger partial charge in [-0.1, -0.05) is 12.2 Å². The Bertz CT molecular complexity index is 1930. The van der Waals surface area contributed by atoms with Crippen molar-refractivity contribution in [3.63, 3.8) is 0 Å².